The summed E-state index contributed by atoms with van der Waals surface area (Å²) in [5.74, 6) is -0.300. The van der Waals surface area contributed by atoms with Gasteiger partial charge in [-0.1, -0.05) is 12.1 Å². The summed E-state index contributed by atoms with van der Waals surface area (Å²) in [6, 6.07) is 6.61. The van der Waals surface area contributed by atoms with E-state index in [4.69, 9.17) is 5.73 Å². The minimum absolute atomic E-state index is 0.232. The van der Waals surface area contributed by atoms with Crippen molar-refractivity contribution in [2.24, 2.45) is 5.73 Å². The molecule has 0 amide bonds. The van der Waals surface area contributed by atoms with E-state index in [0.717, 1.165) is 17.0 Å². The third-order valence-electron chi connectivity index (χ3n) is 2.73. The van der Waals surface area contributed by atoms with Crippen LogP contribution in [0.1, 0.15) is 29.9 Å². The maximum Gasteiger partial charge on any atom is 0.149 e. The van der Waals surface area contributed by atoms with Gasteiger partial charge in [-0.05, 0) is 38.5 Å². The van der Waals surface area contributed by atoms with Crippen molar-refractivity contribution in [2.45, 2.75) is 26.8 Å². The molecule has 1 heterocycles. The van der Waals surface area contributed by atoms with Gasteiger partial charge >= 0.3 is 0 Å². The van der Waals surface area contributed by atoms with Crippen LogP contribution in [0.25, 0.3) is 5.69 Å². The monoisotopic (exact) mass is 233 g/mol. The summed E-state index contributed by atoms with van der Waals surface area (Å²) in [6.07, 6.45) is 0. The number of rotatable bonds is 2. The second-order valence-corrected chi connectivity index (χ2v) is 4.31. The van der Waals surface area contributed by atoms with Gasteiger partial charge in [0, 0.05) is 11.7 Å². The lowest BCUT2D eigenvalue weighted by Gasteiger charge is -2.14. The molecule has 1 unspecified atom stereocenters. The minimum atomic E-state index is -0.300. The quantitative estimate of drug-likeness (QED) is 0.866. The first-order valence-corrected chi connectivity index (χ1v) is 5.58. The highest BCUT2D eigenvalue weighted by atomic mass is 19.1. The van der Waals surface area contributed by atoms with Crippen LogP contribution in [0.15, 0.2) is 24.3 Å². The molecule has 0 saturated heterocycles. The number of aryl methyl sites for hydroxylation is 2. The Morgan fingerprint density at radius 3 is 2.59 bits per heavy atom. The lowest BCUT2D eigenvalue weighted by Crippen LogP contribution is -2.13. The van der Waals surface area contributed by atoms with E-state index >= 15 is 0 Å². The second-order valence-electron chi connectivity index (χ2n) is 4.31. The molecule has 0 fully saturated rings. The topological polar surface area (TPSA) is 43.8 Å². The molecule has 1 aromatic heterocycles. The van der Waals surface area contributed by atoms with Crippen LogP contribution in [0.2, 0.25) is 0 Å². The van der Waals surface area contributed by atoms with Gasteiger partial charge < -0.3 is 5.73 Å². The van der Waals surface area contributed by atoms with E-state index in [1.807, 2.05) is 32.9 Å². The first-order chi connectivity index (χ1) is 8.00. The van der Waals surface area contributed by atoms with Crippen molar-refractivity contribution in [1.82, 2.24) is 9.78 Å². The molecule has 4 heteroatoms. The predicted molar refractivity (Wildman–Crippen MR) is 65.6 cm³/mol. The van der Waals surface area contributed by atoms with E-state index in [2.05, 4.69) is 5.10 Å². The Bertz CT molecular complexity index is 544. The molecule has 2 rings (SSSR count). The molecule has 0 radical (unpaired) electrons. The summed E-state index contributed by atoms with van der Waals surface area (Å²) in [4.78, 5) is 0. The van der Waals surface area contributed by atoms with E-state index in [9.17, 15) is 4.39 Å². The fourth-order valence-electron chi connectivity index (χ4n) is 1.98. The van der Waals surface area contributed by atoms with E-state index in [1.165, 1.54) is 6.07 Å². The summed E-state index contributed by atoms with van der Waals surface area (Å²) in [7, 11) is 0. The SMILES string of the molecule is Cc1cc(C)n(-c2c(F)cccc2C(C)N)n1. The molecule has 1 atom stereocenters. The molecule has 0 aliphatic carbocycles. The van der Waals surface area contributed by atoms with Gasteiger partial charge in [-0.25, -0.2) is 9.07 Å². The van der Waals surface area contributed by atoms with Crippen molar-refractivity contribution in [3.63, 3.8) is 0 Å². The molecule has 2 aromatic rings. The normalized spacial score (nSPS) is 12.8. The van der Waals surface area contributed by atoms with Gasteiger partial charge in [-0.3, -0.25) is 0 Å². The van der Waals surface area contributed by atoms with Crippen LogP contribution in [0.5, 0.6) is 0 Å². The molecule has 0 bridgehead atoms. The highest BCUT2D eigenvalue weighted by Gasteiger charge is 2.15. The first-order valence-electron chi connectivity index (χ1n) is 5.58. The zero-order chi connectivity index (χ0) is 12.6. The largest absolute Gasteiger partial charge is 0.324 e. The highest BCUT2D eigenvalue weighted by Crippen LogP contribution is 2.24. The van der Waals surface area contributed by atoms with Crippen molar-refractivity contribution in [1.29, 1.82) is 0 Å². The van der Waals surface area contributed by atoms with E-state index < -0.39 is 0 Å². The average molecular weight is 233 g/mol. The second kappa shape index (κ2) is 4.30. The van der Waals surface area contributed by atoms with Crippen LogP contribution in [0, 0.1) is 19.7 Å². The minimum Gasteiger partial charge on any atom is -0.324 e. The number of benzene rings is 1. The van der Waals surface area contributed by atoms with Gasteiger partial charge in [0.2, 0.25) is 0 Å². The number of aromatic nitrogens is 2. The first kappa shape index (κ1) is 11.8. The van der Waals surface area contributed by atoms with Gasteiger partial charge in [0.25, 0.3) is 0 Å². The number of nitrogens with zero attached hydrogens (tertiary/aromatic N) is 2. The van der Waals surface area contributed by atoms with Crippen LogP contribution in [-0.4, -0.2) is 9.78 Å². The van der Waals surface area contributed by atoms with Gasteiger partial charge in [-0.2, -0.15) is 5.10 Å². The third kappa shape index (κ3) is 2.08. The Hall–Kier alpha value is -1.68. The molecule has 2 N–H and O–H groups in total. The fraction of sp³-hybridized carbons (Fsp3) is 0.308. The summed E-state index contributed by atoms with van der Waals surface area (Å²) in [5, 5.41) is 4.31. The Morgan fingerprint density at radius 1 is 1.35 bits per heavy atom. The van der Waals surface area contributed by atoms with E-state index in [1.54, 1.807) is 10.7 Å². The zero-order valence-electron chi connectivity index (χ0n) is 10.2. The van der Waals surface area contributed by atoms with Gasteiger partial charge in [0.1, 0.15) is 11.5 Å². The van der Waals surface area contributed by atoms with Crippen LogP contribution in [0.3, 0.4) is 0 Å². The lowest BCUT2D eigenvalue weighted by molar-refractivity contribution is 0.599. The summed E-state index contributed by atoms with van der Waals surface area (Å²) in [6.45, 7) is 5.62. The lowest BCUT2D eigenvalue weighted by atomic mass is 10.1. The molecular formula is C13H16FN3. The maximum absolute atomic E-state index is 14.0. The van der Waals surface area contributed by atoms with Crippen LogP contribution in [0.4, 0.5) is 4.39 Å². The highest BCUT2D eigenvalue weighted by molar-refractivity contribution is 5.44. The molecule has 3 nitrogen and oxygen atoms in total. The van der Waals surface area contributed by atoms with Crippen molar-refractivity contribution in [2.75, 3.05) is 0 Å². The van der Waals surface area contributed by atoms with Crippen LogP contribution < -0.4 is 5.73 Å². The smallest absolute Gasteiger partial charge is 0.149 e. The Balaban J connectivity index is 2.69. The van der Waals surface area contributed by atoms with Crippen molar-refractivity contribution in [3.8, 4) is 5.69 Å². The van der Waals surface area contributed by atoms with Gasteiger partial charge in [0.15, 0.2) is 0 Å². The molecule has 17 heavy (non-hydrogen) atoms. The van der Waals surface area contributed by atoms with Gasteiger partial charge in [-0.15, -0.1) is 0 Å². The van der Waals surface area contributed by atoms with Crippen molar-refractivity contribution < 1.29 is 4.39 Å². The Kier molecular flexibility index (Phi) is 2.98. The molecular weight excluding hydrogens is 217 g/mol. The Labute approximate surface area is 100 Å². The number of nitrogens with two attached hydrogens (primary N) is 1. The number of hydrogen-bond acceptors (Lipinski definition) is 2. The zero-order valence-corrected chi connectivity index (χ0v) is 10.2. The molecule has 0 aliphatic heterocycles. The predicted octanol–water partition coefficient (Wildman–Crippen LogP) is 2.65. The summed E-state index contributed by atoms with van der Waals surface area (Å²) in [5.41, 5.74) is 8.84. The fourth-order valence-corrected chi connectivity index (χ4v) is 1.98. The molecule has 1 aromatic carbocycles. The number of hydrogen-bond donors (Lipinski definition) is 1. The van der Waals surface area contributed by atoms with E-state index in [-0.39, 0.29) is 11.9 Å². The van der Waals surface area contributed by atoms with Crippen LogP contribution >= 0.6 is 0 Å². The summed E-state index contributed by atoms with van der Waals surface area (Å²) >= 11 is 0. The summed E-state index contributed by atoms with van der Waals surface area (Å²) < 4.78 is 15.6. The standard InChI is InChI=1S/C13H16FN3/c1-8-7-9(2)17(16-8)13-11(10(3)15)5-4-6-12(13)14/h4-7,10H,15H2,1-3H3. The number of halogens is 1. The average Bonchev–Trinajstić information content (AvgIpc) is 2.57. The van der Waals surface area contributed by atoms with E-state index in [0.29, 0.717) is 5.69 Å². The molecule has 90 valence electrons. The third-order valence-corrected chi connectivity index (χ3v) is 2.73. The molecule has 0 saturated carbocycles. The number of para-hydroxylation sites is 1. The van der Waals surface area contributed by atoms with Crippen LogP contribution in [-0.2, 0) is 0 Å². The van der Waals surface area contributed by atoms with Crippen molar-refractivity contribution in [3.05, 3.63) is 47.0 Å². The molecule has 0 aliphatic rings. The van der Waals surface area contributed by atoms with Gasteiger partial charge in [0.05, 0.1) is 5.69 Å². The maximum atomic E-state index is 14.0. The van der Waals surface area contributed by atoms with Crippen molar-refractivity contribution >= 4 is 0 Å². The molecule has 0 spiro atoms. The Morgan fingerprint density at radius 2 is 2.06 bits per heavy atom.